The number of fused-ring (bicyclic) bond motifs is 2. The summed E-state index contributed by atoms with van der Waals surface area (Å²) in [5, 5.41) is 3.25. The van der Waals surface area contributed by atoms with Crippen molar-refractivity contribution in [2.75, 3.05) is 33.2 Å². The summed E-state index contributed by atoms with van der Waals surface area (Å²) in [5.41, 5.74) is 0. The molecule has 16 heavy (non-hydrogen) atoms. The van der Waals surface area contributed by atoms with Crippen molar-refractivity contribution in [1.82, 2.24) is 10.2 Å². The van der Waals surface area contributed by atoms with E-state index >= 15 is 0 Å². The molecule has 2 aliphatic carbocycles. The van der Waals surface area contributed by atoms with E-state index in [9.17, 15) is 0 Å². The molecule has 3 unspecified atom stereocenters. The standard InChI is InChI=1S/C14H24N2/c1-3-6-15-7-8-16(2)11-14-10-12-4-5-13(14)9-12/h1,12-15H,4-11H2,2H3. The summed E-state index contributed by atoms with van der Waals surface area (Å²) in [5.74, 6) is 5.71. The van der Waals surface area contributed by atoms with Crippen LogP contribution in [0.4, 0.5) is 0 Å². The lowest BCUT2D eigenvalue weighted by Crippen LogP contribution is -2.34. The Morgan fingerprint density at radius 2 is 2.25 bits per heavy atom. The average Bonchev–Trinajstić information content (AvgIpc) is 2.86. The van der Waals surface area contributed by atoms with Crippen LogP contribution in [0.2, 0.25) is 0 Å². The highest BCUT2D eigenvalue weighted by Gasteiger charge is 2.39. The zero-order valence-corrected chi connectivity index (χ0v) is 10.4. The van der Waals surface area contributed by atoms with Crippen molar-refractivity contribution in [1.29, 1.82) is 0 Å². The summed E-state index contributed by atoms with van der Waals surface area (Å²) >= 11 is 0. The van der Waals surface area contributed by atoms with E-state index in [2.05, 4.69) is 23.2 Å². The molecule has 2 bridgehead atoms. The molecule has 0 aromatic rings. The van der Waals surface area contributed by atoms with Crippen LogP contribution in [-0.2, 0) is 0 Å². The van der Waals surface area contributed by atoms with Crippen LogP contribution in [0.5, 0.6) is 0 Å². The smallest absolute Gasteiger partial charge is 0.0574 e. The Bertz CT molecular complexity index is 256. The Kier molecular flexibility index (Phi) is 4.26. The lowest BCUT2D eigenvalue weighted by molar-refractivity contribution is 0.220. The maximum atomic E-state index is 5.19. The van der Waals surface area contributed by atoms with Gasteiger partial charge in [0.1, 0.15) is 0 Å². The Labute approximate surface area is 99.8 Å². The summed E-state index contributed by atoms with van der Waals surface area (Å²) in [6.07, 6.45) is 11.2. The van der Waals surface area contributed by atoms with Gasteiger partial charge in [0.05, 0.1) is 6.54 Å². The molecule has 0 aromatic carbocycles. The molecule has 0 radical (unpaired) electrons. The molecule has 3 atom stereocenters. The zero-order valence-electron chi connectivity index (χ0n) is 10.4. The number of hydrogen-bond donors (Lipinski definition) is 1. The van der Waals surface area contributed by atoms with Gasteiger partial charge in [0.25, 0.3) is 0 Å². The second-order valence-corrected chi connectivity index (χ2v) is 5.58. The molecule has 2 heteroatoms. The van der Waals surface area contributed by atoms with Crippen molar-refractivity contribution >= 4 is 0 Å². The van der Waals surface area contributed by atoms with Crippen LogP contribution in [0.25, 0.3) is 0 Å². The summed E-state index contributed by atoms with van der Waals surface area (Å²) in [6.45, 7) is 4.12. The summed E-state index contributed by atoms with van der Waals surface area (Å²) in [6, 6.07) is 0. The minimum atomic E-state index is 0.696. The fourth-order valence-corrected chi connectivity index (χ4v) is 3.52. The molecule has 2 nitrogen and oxygen atoms in total. The van der Waals surface area contributed by atoms with Gasteiger partial charge in [0.15, 0.2) is 0 Å². The van der Waals surface area contributed by atoms with Crippen molar-refractivity contribution in [3.05, 3.63) is 0 Å². The van der Waals surface area contributed by atoms with Crippen molar-refractivity contribution in [2.24, 2.45) is 17.8 Å². The van der Waals surface area contributed by atoms with Gasteiger partial charge >= 0.3 is 0 Å². The van der Waals surface area contributed by atoms with E-state index in [4.69, 9.17) is 6.42 Å². The second-order valence-electron chi connectivity index (χ2n) is 5.58. The fourth-order valence-electron chi connectivity index (χ4n) is 3.52. The summed E-state index contributed by atoms with van der Waals surface area (Å²) < 4.78 is 0. The first-order valence-electron chi connectivity index (χ1n) is 6.62. The number of nitrogens with zero attached hydrogens (tertiary/aromatic N) is 1. The Balaban J connectivity index is 1.60. The highest BCUT2D eigenvalue weighted by molar-refractivity contribution is 4.91. The number of terminal acetylenes is 1. The van der Waals surface area contributed by atoms with Crippen LogP contribution in [0.3, 0.4) is 0 Å². The maximum absolute atomic E-state index is 5.19. The molecule has 0 saturated heterocycles. The molecule has 0 spiro atoms. The molecular weight excluding hydrogens is 196 g/mol. The quantitative estimate of drug-likeness (QED) is 0.540. The van der Waals surface area contributed by atoms with Crippen molar-refractivity contribution < 1.29 is 0 Å². The first kappa shape index (κ1) is 12.0. The predicted molar refractivity (Wildman–Crippen MR) is 68.1 cm³/mol. The Morgan fingerprint density at radius 1 is 1.38 bits per heavy atom. The zero-order chi connectivity index (χ0) is 11.4. The van der Waals surface area contributed by atoms with Gasteiger partial charge in [-0.05, 0) is 44.1 Å². The van der Waals surface area contributed by atoms with Gasteiger partial charge in [-0.15, -0.1) is 6.42 Å². The van der Waals surface area contributed by atoms with E-state index in [1.165, 1.54) is 32.2 Å². The van der Waals surface area contributed by atoms with Gasteiger partial charge in [0.2, 0.25) is 0 Å². The molecule has 2 rings (SSSR count). The molecule has 90 valence electrons. The molecule has 0 heterocycles. The van der Waals surface area contributed by atoms with Crippen molar-refractivity contribution in [3.63, 3.8) is 0 Å². The fraction of sp³-hybridized carbons (Fsp3) is 0.857. The Hall–Kier alpha value is -0.520. The Morgan fingerprint density at radius 3 is 2.88 bits per heavy atom. The van der Waals surface area contributed by atoms with E-state index in [0.29, 0.717) is 6.54 Å². The van der Waals surface area contributed by atoms with E-state index < -0.39 is 0 Å². The van der Waals surface area contributed by atoms with E-state index in [-0.39, 0.29) is 0 Å². The second kappa shape index (κ2) is 5.70. The summed E-state index contributed by atoms with van der Waals surface area (Å²) in [7, 11) is 2.24. The molecule has 2 saturated carbocycles. The number of likely N-dealkylation sites (N-methyl/N-ethyl adjacent to an activating group) is 1. The predicted octanol–water partition coefficient (Wildman–Crippen LogP) is 1.58. The minimum Gasteiger partial charge on any atom is -0.305 e. The third-order valence-corrected chi connectivity index (χ3v) is 4.33. The van der Waals surface area contributed by atoms with Crippen LogP contribution in [0.1, 0.15) is 25.7 Å². The van der Waals surface area contributed by atoms with Gasteiger partial charge in [-0.3, -0.25) is 0 Å². The van der Waals surface area contributed by atoms with Crippen LogP contribution in [0, 0.1) is 30.1 Å². The number of hydrogen-bond acceptors (Lipinski definition) is 2. The first-order valence-corrected chi connectivity index (χ1v) is 6.62. The highest BCUT2D eigenvalue weighted by atomic mass is 15.1. The van der Waals surface area contributed by atoms with Crippen LogP contribution in [0.15, 0.2) is 0 Å². The van der Waals surface area contributed by atoms with Gasteiger partial charge in [0, 0.05) is 19.6 Å². The lowest BCUT2D eigenvalue weighted by Gasteiger charge is -2.27. The third-order valence-electron chi connectivity index (χ3n) is 4.33. The molecule has 2 fully saturated rings. The van der Waals surface area contributed by atoms with Gasteiger partial charge in [-0.25, -0.2) is 0 Å². The topological polar surface area (TPSA) is 15.3 Å². The minimum absolute atomic E-state index is 0.696. The van der Waals surface area contributed by atoms with Gasteiger partial charge in [-0.1, -0.05) is 12.3 Å². The molecular formula is C14H24N2. The van der Waals surface area contributed by atoms with Crippen LogP contribution in [-0.4, -0.2) is 38.1 Å². The molecule has 0 amide bonds. The van der Waals surface area contributed by atoms with Crippen LogP contribution >= 0.6 is 0 Å². The molecule has 0 aliphatic heterocycles. The first-order chi connectivity index (χ1) is 7.79. The van der Waals surface area contributed by atoms with Crippen molar-refractivity contribution in [2.45, 2.75) is 25.7 Å². The summed E-state index contributed by atoms with van der Waals surface area (Å²) in [4.78, 5) is 2.47. The SMILES string of the molecule is C#CCNCCN(C)CC1CC2CCC1C2. The normalized spacial score (nSPS) is 32.2. The van der Waals surface area contributed by atoms with E-state index in [1.807, 2.05) is 0 Å². The largest absolute Gasteiger partial charge is 0.305 e. The molecule has 1 N–H and O–H groups in total. The van der Waals surface area contributed by atoms with Gasteiger partial charge < -0.3 is 10.2 Å². The molecule has 0 aromatic heterocycles. The highest BCUT2D eigenvalue weighted by Crippen LogP contribution is 2.48. The van der Waals surface area contributed by atoms with E-state index in [1.54, 1.807) is 0 Å². The van der Waals surface area contributed by atoms with Crippen LogP contribution < -0.4 is 5.32 Å². The maximum Gasteiger partial charge on any atom is 0.0574 e. The average molecular weight is 220 g/mol. The van der Waals surface area contributed by atoms with Crippen molar-refractivity contribution in [3.8, 4) is 12.3 Å². The number of nitrogens with one attached hydrogen (secondary N) is 1. The monoisotopic (exact) mass is 220 g/mol. The third kappa shape index (κ3) is 2.99. The molecule has 2 aliphatic rings. The number of rotatable bonds is 6. The van der Waals surface area contributed by atoms with Gasteiger partial charge in [-0.2, -0.15) is 0 Å². The lowest BCUT2D eigenvalue weighted by atomic mass is 9.88. The van der Waals surface area contributed by atoms with E-state index in [0.717, 1.165) is 30.8 Å².